The van der Waals surface area contributed by atoms with Crippen LogP contribution in [0.1, 0.15) is 44.8 Å². The van der Waals surface area contributed by atoms with Crippen molar-refractivity contribution >= 4 is 11.3 Å². The minimum atomic E-state index is 0.229. The Labute approximate surface area is 102 Å². The third kappa shape index (κ3) is 2.44. The predicted octanol–water partition coefficient (Wildman–Crippen LogP) is 2.41. The standard InChI is InChI=1S/C12H21N3S/c1-9(2)15-6-4-3-5-10(13)12(15)11-7-16-8-14-11/h7-10,12H,3-6,13H2,1-2H3. The molecule has 0 saturated carbocycles. The summed E-state index contributed by atoms with van der Waals surface area (Å²) >= 11 is 1.66. The lowest BCUT2D eigenvalue weighted by Gasteiger charge is -2.35. The SMILES string of the molecule is CC(C)N1CCCCC(N)C1c1cscn1. The molecule has 2 atom stereocenters. The summed E-state index contributed by atoms with van der Waals surface area (Å²) in [7, 11) is 0. The van der Waals surface area contributed by atoms with Gasteiger partial charge in [0.2, 0.25) is 0 Å². The predicted molar refractivity (Wildman–Crippen MR) is 68.5 cm³/mol. The van der Waals surface area contributed by atoms with Gasteiger partial charge in [-0.25, -0.2) is 4.98 Å². The average Bonchev–Trinajstić information content (AvgIpc) is 2.68. The van der Waals surface area contributed by atoms with Crippen molar-refractivity contribution in [3.63, 3.8) is 0 Å². The van der Waals surface area contributed by atoms with Gasteiger partial charge in [0.25, 0.3) is 0 Å². The second-order valence-electron chi connectivity index (χ2n) is 4.85. The van der Waals surface area contributed by atoms with Crippen LogP contribution in [0.25, 0.3) is 0 Å². The molecule has 1 fully saturated rings. The minimum Gasteiger partial charge on any atom is -0.326 e. The van der Waals surface area contributed by atoms with Crippen molar-refractivity contribution in [3.8, 4) is 0 Å². The van der Waals surface area contributed by atoms with Gasteiger partial charge in [0, 0.05) is 17.5 Å². The highest BCUT2D eigenvalue weighted by Gasteiger charge is 2.31. The Morgan fingerprint density at radius 3 is 2.94 bits per heavy atom. The fourth-order valence-corrected chi connectivity index (χ4v) is 3.14. The topological polar surface area (TPSA) is 42.1 Å². The molecule has 3 nitrogen and oxygen atoms in total. The Kier molecular flexibility index (Phi) is 3.95. The maximum Gasteiger partial charge on any atom is 0.0795 e. The van der Waals surface area contributed by atoms with Crippen LogP contribution in [0, 0.1) is 0 Å². The van der Waals surface area contributed by atoms with Crippen molar-refractivity contribution < 1.29 is 0 Å². The van der Waals surface area contributed by atoms with E-state index in [1.54, 1.807) is 11.3 Å². The lowest BCUT2D eigenvalue weighted by molar-refractivity contribution is 0.141. The van der Waals surface area contributed by atoms with Crippen LogP contribution in [0.5, 0.6) is 0 Å². The Hall–Kier alpha value is -0.450. The number of nitrogens with zero attached hydrogens (tertiary/aromatic N) is 2. The van der Waals surface area contributed by atoms with E-state index in [1.165, 1.54) is 12.8 Å². The normalized spacial score (nSPS) is 28.2. The number of nitrogens with two attached hydrogens (primary N) is 1. The average molecular weight is 239 g/mol. The van der Waals surface area contributed by atoms with Crippen molar-refractivity contribution in [2.75, 3.05) is 6.54 Å². The van der Waals surface area contributed by atoms with Crippen LogP contribution in [0.2, 0.25) is 0 Å². The Balaban J connectivity index is 2.26. The second-order valence-corrected chi connectivity index (χ2v) is 5.57. The van der Waals surface area contributed by atoms with Crippen LogP contribution in [-0.4, -0.2) is 28.5 Å². The summed E-state index contributed by atoms with van der Waals surface area (Å²) in [5.74, 6) is 0. The molecule has 1 aliphatic rings. The smallest absolute Gasteiger partial charge is 0.0795 e. The fourth-order valence-electron chi connectivity index (χ4n) is 2.55. The summed E-state index contributed by atoms with van der Waals surface area (Å²) in [4.78, 5) is 6.97. The zero-order valence-electron chi connectivity index (χ0n) is 10.1. The molecule has 1 aliphatic heterocycles. The molecule has 2 N–H and O–H groups in total. The number of likely N-dealkylation sites (tertiary alicyclic amines) is 1. The van der Waals surface area contributed by atoms with Crippen LogP contribution >= 0.6 is 11.3 Å². The molecule has 2 rings (SSSR count). The van der Waals surface area contributed by atoms with E-state index in [4.69, 9.17) is 5.73 Å². The molecule has 0 bridgehead atoms. The monoisotopic (exact) mass is 239 g/mol. The highest BCUT2D eigenvalue weighted by Crippen LogP contribution is 2.30. The van der Waals surface area contributed by atoms with Crippen LogP contribution in [-0.2, 0) is 0 Å². The molecule has 0 aliphatic carbocycles. The number of aromatic nitrogens is 1. The van der Waals surface area contributed by atoms with Gasteiger partial charge < -0.3 is 5.73 Å². The number of rotatable bonds is 2. The van der Waals surface area contributed by atoms with Gasteiger partial charge >= 0.3 is 0 Å². The Morgan fingerprint density at radius 1 is 1.50 bits per heavy atom. The van der Waals surface area contributed by atoms with Crippen molar-refractivity contribution in [2.45, 2.75) is 51.2 Å². The summed E-state index contributed by atoms with van der Waals surface area (Å²) in [5.41, 5.74) is 9.39. The van der Waals surface area contributed by atoms with Gasteiger partial charge in [-0.15, -0.1) is 11.3 Å². The van der Waals surface area contributed by atoms with E-state index in [-0.39, 0.29) is 6.04 Å². The third-order valence-electron chi connectivity index (χ3n) is 3.38. The molecular weight excluding hydrogens is 218 g/mol. The first kappa shape index (κ1) is 12.0. The summed E-state index contributed by atoms with van der Waals surface area (Å²) in [5, 5.41) is 2.14. The number of thiazole rings is 1. The van der Waals surface area contributed by atoms with Crippen molar-refractivity contribution in [2.24, 2.45) is 5.73 Å². The third-order valence-corrected chi connectivity index (χ3v) is 3.99. The van der Waals surface area contributed by atoms with Gasteiger partial charge in [0.05, 0.1) is 17.2 Å². The molecular formula is C12H21N3S. The molecule has 90 valence electrons. The number of hydrogen-bond acceptors (Lipinski definition) is 4. The van der Waals surface area contributed by atoms with E-state index >= 15 is 0 Å². The zero-order valence-corrected chi connectivity index (χ0v) is 10.9. The van der Waals surface area contributed by atoms with Crippen LogP contribution in [0.3, 0.4) is 0 Å². The van der Waals surface area contributed by atoms with E-state index in [0.717, 1.165) is 18.7 Å². The highest BCUT2D eigenvalue weighted by molar-refractivity contribution is 7.07. The molecule has 0 radical (unpaired) electrons. The Bertz CT molecular complexity index is 310. The van der Waals surface area contributed by atoms with Crippen molar-refractivity contribution in [3.05, 3.63) is 16.6 Å². The molecule has 1 aromatic rings. The van der Waals surface area contributed by atoms with Crippen LogP contribution in [0.4, 0.5) is 0 Å². The summed E-state index contributed by atoms with van der Waals surface area (Å²) in [6, 6.07) is 1.08. The molecule has 0 aromatic carbocycles. The van der Waals surface area contributed by atoms with Gasteiger partial charge in [-0.3, -0.25) is 4.90 Å². The van der Waals surface area contributed by atoms with Gasteiger partial charge in [0.15, 0.2) is 0 Å². The second kappa shape index (κ2) is 5.25. The van der Waals surface area contributed by atoms with E-state index in [0.29, 0.717) is 12.1 Å². The fraction of sp³-hybridized carbons (Fsp3) is 0.750. The largest absolute Gasteiger partial charge is 0.326 e. The molecule has 0 amide bonds. The molecule has 1 aromatic heterocycles. The zero-order chi connectivity index (χ0) is 11.5. The van der Waals surface area contributed by atoms with E-state index < -0.39 is 0 Å². The van der Waals surface area contributed by atoms with E-state index in [9.17, 15) is 0 Å². The lowest BCUT2D eigenvalue weighted by Crippen LogP contribution is -2.43. The van der Waals surface area contributed by atoms with Crippen molar-refractivity contribution in [1.82, 2.24) is 9.88 Å². The van der Waals surface area contributed by atoms with Gasteiger partial charge in [-0.2, -0.15) is 0 Å². The van der Waals surface area contributed by atoms with Crippen molar-refractivity contribution in [1.29, 1.82) is 0 Å². The Morgan fingerprint density at radius 2 is 2.31 bits per heavy atom. The first-order valence-electron chi connectivity index (χ1n) is 6.09. The molecule has 2 heterocycles. The van der Waals surface area contributed by atoms with Gasteiger partial charge in [0.1, 0.15) is 0 Å². The van der Waals surface area contributed by atoms with Crippen LogP contribution in [0.15, 0.2) is 10.9 Å². The molecule has 1 saturated heterocycles. The first-order valence-corrected chi connectivity index (χ1v) is 7.04. The molecule has 2 unspecified atom stereocenters. The first-order chi connectivity index (χ1) is 7.70. The number of hydrogen-bond donors (Lipinski definition) is 1. The maximum absolute atomic E-state index is 6.32. The van der Waals surface area contributed by atoms with Gasteiger partial charge in [-0.1, -0.05) is 6.42 Å². The minimum absolute atomic E-state index is 0.229. The quantitative estimate of drug-likeness (QED) is 0.861. The van der Waals surface area contributed by atoms with E-state index in [2.05, 4.69) is 29.1 Å². The lowest BCUT2D eigenvalue weighted by atomic mass is 10.0. The molecule has 0 spiro atoms. The summed E-state index contributed by atoms with van der Waals surface area (Å²) in [6.45, 7) is 5.64. The van der Waals surface area contributed by atoms with Gasteiger partial charge in [-0.05, 0) is 33.2 Å². The molecule has 16 heavy (non-hydrogen) atoms. The van der Waals surface area contributed by atoms with E-state index in [1.807, 2.05) is 5.51 Å². The summed E-state index contributed by atoms with van der Waals surface area (Å²) in [6.07, 6.45) is 3.61. The molecule has 4 heteroatoms. The maximum atomic E-state index is 6.32. The summed E-state index contributed by atoms with van der Waals surface area (Å²) < 4.78 is 0. The van der Waals surface area contributed by atoms with Crippen LogP contribution < -0.4 is 5.73 Å². The highest BCUT2D eigenvalue weighted by atomic mass is 32.1.